The number of nitrogens with zero attached hydrogens (tertiary/aromatic N) is 2. The number of halogens is 6. The van der Waals surface area contributed by atoms with E-state index in [0.717, 1.165) is 18.2 Å². The highest BCUT2D eigenvalue weighted by Crippen LogP contribution is 2.44. The maximum atomic E-state index is 14.3. The largest absolute Gasteiger partial charge is 0.419 e. The van der Waals surface area contributed by atoms with Crippen LogP contribution in [0.15, 0.2) is 30.3 Å². The van der Waals surface area contributed by atoms with Crippen LogP contribution in [-0.2, 0) is 17.1 Å². The average molecular weight is 515 g/mol. The van der Waals surface area contributed by atoms with E-state index in [9.17, 15) is 41.0 Å². The van der Waals surface area contributed by atoms with Crippen LogP contribution in [0.25, 0.3) is 0 Å². The summed E-state index contributed by atoms with van der Waals surface area (Å²) in [6, 6.07) is 5.42. The lowest BCUT2D eigenvalue weighted by molar-refractivity contribution is -0.138. The third-order valence-electron chi connectivity index (χ3n) is 5.42. The van der Waals surface area contributed by atoms with Crippen molar-refractivity contribution in [2.45, 2.75) is 31.7 Å². The molecule has 2 N–H and O–H groups in total. The summed E-state index contributed by atoms with van der Waals surface area (Å²) in [4.78, 5) is 26.5. The molecular formula is C22H15F6N3O3S. The van der Waals surface area contributed by atoms with Gasteiger partial charge in [0.15, 0.2) is 10.9 Å². The summed E-state index contributed by atoms with van der Waals surface area (Å²) in [5.41, 5.74) is -9.40. The van der Waals surface area contributed by atoms with E-state index in [1.165, 1.54) is 19.9 Å². The van der Waals surface area contributed by atoms with Crippen LogP contribution in [0, 0.1) is 18.3 Å². The number of ketones is 1. The number of rotatable bonds is 4. The van der Waals surface area contributed by atoms with E-state index < -0.39 is 74.8 Å². The minimum absolute atomic E-state index is 0.157. The first-order chi connectivity index (χ1) is 16.1. The molecule has 1 unspecified atom stereocenters. The molecule has 0 bridgehead atoms. The zero-order valence-corrected chi connectivity index (χ0v) is 18.7. The molecule has 3 rings (SSSR count). The zero-order chi connectivity index (χ0) is 26.5. The van der Waals surface area contributed by atoms with Gasteiger partial charge in [-0.2, -0.15) is 31.6 Å². The van der Waals surface area contributed by atoms with Gasteiger partial charge in [0.1, 0.15) is 5.54 Å². The van der Waals surface area contributed by atoms with Crippen molar-refractivity contribution in [1.29, 1.82) is 5.26 Å². The molecule has 35 heavy (non-hydrogen) atoms. The molecule has 1 saturated heterocycles. The molecule has 1 aliphatic heterocycles. The summed E-state index contributed by atoms with van der Waals surface area (Å²) in [5, 5.41) is 20.6. The normalized spacial score (nSPS) is 18.5. The lowest BCUT2D eigenvalue weighted by Crippen LogP contribution is -2.47. The summed E-state index contributed by atoms with van der Waals surface area (Å²) >= 11 is 5.01. The predicted molar refractivity (Wildman–Crippen MR) is 114 cm³/mol. The Morgan fingerprint density at radius 3 is 2.17 bits per heavy atom. The number of thiocarbonyl (C=S) groups is 1. The summed E-state index contributed by atoms with van der Waals surface area (Å²) in [5.74, 6) is -2.70. The number of aliphatic hydroxyl groups excluding tert-OH is 1. The van der Waals surface area contributed by atoms with Crippen LogP contribution in [0.2, 0.25) is 0 Å². The van der Waals surface area contributed by atoms with Crippen molar-refractivity contribution in [3.63, 3.8) is 0 Å². The minimum Gasteiger partial charge on any atom is -0.393 e. The molecule has 0 radical (unpaired) electrons. The number of nitriles is 1. The van der Waals surface area contributed by atoms with Crippen LogP contribution in [0.1, 0.15) is 45.1 Å². The van der Waals surface area contributed by atoms with Gasteiger partial charge in [0, 0.05) is 11.1 Å². The Morgan fingerprint density at radius 2 is 1.69 bits per heavy atom. The van der Waals surface area contributed by atoms with E-state index in [1.807, 2.05) is 0 Å². The molecule has 1 fully saturated rings. The second kappa shape index (κ2) is 8.62. The fourth-order valence-electron chi connectivity index (χ4n) is 3.74. The van der Waals surface area contributed by atoms with Gasteiger partial charge in [-0.1, -0.05) is 24.3 Å². The molecule has 0 aromatic heterocycles. The Kier molecular flexibility index (Phi) is 6.43. The maximum absolute atomic E-state index is 14.3. The number of nitrogens with one attached hydrogen (secondary N) is 1. The molecule has 0 spiro atoms. The fourth-order valence-corrected chi connectivity index (χ4v) is 4.14. The number of anilines is 1. The Morgan fingerprint density at radius 1 is 1.11 bits per heavy atom. The highest BCUT2D eigenvalue weighted by atomic mass is 32.1. The van der Waals surface area contributed by atoms with E-state index in [4.69, 9.17) is 17.5 Å². The quantitative estimate of drug-likeness (QED) is 0.362. The van der Waals surface area contributed by atoms with Crippen LogP contribution in [0.5, 0.6) is 0 Å². The predicted octanol–water partition coefficient (Wildman–Crippen LogP) is 4.11. The highest BCUT2D eigenvalue weighted by Gasteiger charge is 2.50. The van der Waals surface area contributed by atoms with E-state index in [2.05, 4.69) is 5.32 Å². The molecule has 1 aliphatic rings. The Labute approximate surface area is 199 Å². The van der Waals surface area contributed by atoms with E-state index in [1.54, 1.807) is 0 Å². The molecule has 2 aromatic carbocycles. The van der Waals surface area contributed by atoms with Crippen molar-refractivity contribution >= 4 is 34.7 Å². The van der Waals surface area contributed by atoms with Crippen LogP contribution in [0.4, 0.5) is 32.0 Å². The summed E-state index contributed by atoms with van der Waals surface area (Å²) < 4.78 is 84.1. The van der Waals surface area contributed by atoms with Crippen molar-refractivity contribution in [1.82, 2.24) is 5.32 Å². The zero-order valence-electron chi connectivity index (χ0n) is 17.9. The van der Waals surface area contributed by atoms with Crippen LogP contribution in [0.3, 0.4) is 0 Å². The number of benzene rings is 2. The van der Waals surface area contributed by atoms with Gasteiger partial charge in [0.2, 0.25) is 0 Å². The molecule has 1 amide bonds. The van der Waals surface area contributed by atoms with E-state index in [0.29, 0.717) is 17.0 Å². The molecule has 1 heterocycles. The maximum Gasteiger partial charge on any atom is 0.419 e. The van der Waals surface area contributed by atoms with E-state index >= 15 is 0 Å². The fraction of sp³-hybridized carbons (Fsp3) is 0.273. The second-order valence-corrected chi connectivity index (χ2v) is 8.27. The number of amides is 1. The molecule has 184 valence electrons. The SMILES string of the molecule is Cc1ccc(C(=O)c2cccc(C#N)c2C(F)(F)F)c(C(F)(F)F)c1N1C(=O)C(C)(CO)NC1=S. The molecular weight excluding hydrogens is 500 g/mol. The Balaban J connectivity index is 2.36. The average Bonchev–Trinajstić information content (AvgIpc) is 2.99. The summed E-state index contributed by atoms with van der Waals surface area (Å²) in [6.45, 7) is 1.57. The molecule has 0 aliphatic carbocycles. The van der Waals surface area contributed by atoms with Gasteiger partial charge in [-0.3, -0.25) is 14.5 Å². The van der Waals surface area contributed by atoms with Gasteiger partial charge in [-0.25, -0.2) is 0 Å². The number of aryl methyl sites for hydroxylation is 1. The Bertz CT molecular complexity index is 1300. The topological polar surface area (TPSA) is 93.4 Å². The van der Waals surface area contributed by atoms with Gasteiger partial charge in [0.25, 0.3) is 5.91 Å². The first-order valence-electron chi connectivity index (χ1n) is 9.72. The minimum atomic E-state index is -5.31. The van der Waals surface area contributed by atoms with Gasteiger partial charge >= 0.3 is 12.4 Å². The van der Waals surface area contributed by atoms with Crippen molar-refractivity contribution in [3.05, 3.63) is 63.7 Å². The number of hydrogen-bond acceptors (Lipinski definition) is 5. The molecule has 13 heteroatoms. The molecule has 0 saturated carbocycles. The number of carbonyl (C=O) groups excluding carboxylic acids is 2. The van der Waals surface area contributed by atoms with E-state index in [-0.39, 0.29) is 5.56 Å². The second-order valence-electron chi connectivity index (χ2n) is 7.88. The lowest BCUT2D eigenvalue weighted by Gasteiger charge is -2.26. The monoisotopic (exact) mass is 515 g/mol. The summed E-state index contributed by atoms with van der Waals surface area (Å²) in [6.07, 6.45) is -10.5. The molecule has 6 nitrogen and oxygen atoms in total. The lowest BCUT2D eigenvalue weighted by atomic mass is 9.90. The number of hydrogen-bond donors (Lipinski definition) is 2. The first-order valence-corrected chi connectivity index (χ1v) is 10.1. The van der Waals surface area contributed by atoms with Gasteiger partial charge in [-0.05, 0) is 37.7 Å². The summed E-state index contributed by atoms with van der Waals surface area (Å²) in [7, 11) is 0. The first kappa shape index (κ1) is 26.1. The molecule has 1 atom stereocenters. The Hall–Kier alpha value is -3.50. The van der Waals surface area contributed by atoms with Crippen molar-refractivity contribution < 1.29 is 41.0 Å². The third-order valence-corrected chi connectivity index (χ3v) is 5.71. The van der Waals surface area contributed by atoms with Gasteiger partial charge < -0.3 is 10.4 Å². The molecule has 2 aromatic rings. The smallest absolute Gasteiger partial charge is 0.393 e. The van der Waals surface area contributed by atoms with Gasteiger partial charge in [0.05, 0.1) is 35.1 Å². The van der Waals surface area contributed by atoms with Crippen molar-refractivity contribution in [3.8, 4) is 6.07 Å². The van der Waals surface area contributed by atoms with Crippen molar-refractivity contribution in [2.24, 2.45) is 0 Å². The van der Waals surface area contributed by atoms with Crippen LogP contribution < -0.4 is 10.2 Å². The van der Waals surface area contributed by atoms with Crippen molar-refractivity contribution in [2.75, 3.05) is 11.5 Å². The van der Waals surface area contributed by atoms with Gasteiger partial charge in [-0.15, -0.1) is 0 Å². The standard InChI is InChI=1S/C22H15F6N3O3S/c1-10-6-7-13(17(33)12-5-3-4-11(8-29)14(12)21(23,24)25)15(22(26,27)28)16(10)31-18(34)20(2,9-32)30-19(31)35/h3-7,32H,9H2,1-2H3,(H,30,35). The third kappa shape index (κ3) is 4.35. The van der Waals surface area contributed by atoms with Crippen LogP contribution in [-0.4, -0.2) is 34.1 Å². The van der Waals surface area contributed by atoms with Crippen LogP contribution >= 0.6 is 12.2 Å². The number of carbonyl (C=O) groups is 2. The highest BCUT2D eigenvalue weighted by molar-refractivity contribution is 7.80. The number of aliphatic hydroxyl groups is 1. The number of alkyl halides is 6.